The van der Waals surface area contributed by atoms with Crippen LogP contribution in [0.1, 0.15) is 12.0 Å². The van der Waals surface area contributed by atoms with Crippen molar-refractivity contribution in [2.45, 2.75) is 12.6 Å². The van der Waals surface area contributed by atoms with Crippen molar-refractivity contribution in [3.05, 3.63) is 54.5 Å². The van der Waals surface area contributed by atoms with Crippen molar-refractivity contribution in [1.82, 2.24) is 14.8 Å². The lowest BCUT2D eigenvalue weighted by molar-refractivity contribution is 0.364. The van der Waals surface area contributed by atoms with Crippen LogP contribution in [0.3, 0.4) is 0 Å². The van der Waals surface area contributed by atoms with Crippen LogP contribution in [-0.4, -0.2) is 47.3 Å². The van der Waals surface area contributed by atoms with Gasteiger partial charge in [-0.25, -0.2) is 14.1 Å². The Morgan fingerprint density at radius 2 is 2.22 bits per heavy atom. The summed E-state index contributed by atoms with van der Waals surface area (Å²) in [5.74, 6) is 0.771. The maximum atomic E-state index is 13.5. The Labute approximate surface area is 156 Å². The van der Waals surface area contributed by atoms with Crippen molar-refractivity contribution in [2.75, 3.05) is 25.0 Å². The fourth-order valence-electron chi connectivity index (χ4n) is 3.39. The molecule has 1 aliphatic heterocycles. The normalized spacial score (nSPS) is 18.1. The Hall–Kier alpha value is -3.22. The maximum Gasteiger partial charge on any atom is 0.130 e. The molecule has 0 spiro atoms. The van der Waals surface area contributed by atoms with Gasteiger partial charge in [0.25, 0.3) is 0 Å². The Bertz CT molecular complexity index is 1020. The number of alkyl halides is 1. The number of allylic oxidation sites excluding steroid dienone is 1. The molecule has 0 bridgehead atoms. The number of benzene rings is 1. The third kappa shape index (κ3) is 3.28. The number of aliphatic imine (C=N–C) groups is 1. The quantitative estimate of drug-likeness (QED) is 0.723. The standard InChI is InChI=1S/C20H21FN6/c1-23-11-16(10-22)14-2-3-15-12-25-27(19(15)8-14)18-4-6-24-20(9-18)26-7-5-17(21)13-26/h2-4,6,8-12,17H,5,7,13,22H2,1H3/t17-/m1/s1. The van der Waals surface area contributed by atoms with Gasteiger partial charge in [0.1, 0.15) is 12.0 Å². The smallest absolute Gasteiger partial charge is 0.130 e. The van der Waals surface area contributed by atoms with Gasteiger partial charge in [-0.3, -0.25) is 4.99 Å². The van der Waals surface area contributed by atoms with E-state index in [1.807, 2.05) is 46.1 Å². The molecule has 4 rings (SSSR count). The fourth-order valence-corrected chi connectivity index (χ4v) is 3.39. The third-order valence-corrected chi connectivity index (χ3v) is 4.78. The van der Waals surface area contributed by atoms with Gasteiger partial charge < -0.3 is 10.6 Å². The SMILES string of the molecule is CN=CC(=CN)c1ccc2cnn(-c3ccnc(N4CC[C@@H](F)C4)c3)c2c1. The number of nitrogens with two attached hydrogens (primary N) is 1. The lowest BCUT2D eigenvalue weighted by atomic mass is 10.1. The molecule has 138 valence electrons. The summed E-state index contributed by atoms with van der Waals surface area (Å²) in [5.41, 5.74) is 9.39. The van der Waals surface area contributed by atoms with Crippen LogP contribution in [0.5, 0.6) is 0 Å². The van der Waals surface area contributed by atoms with E-state index in [0.29, 0.717) is 19.5 Å². The Balaban J connectivity index is 1.76. The van der Waals surface area contributed by atoms with E-state index in [1.165, 1.54) is 0 Å². The minimum absolute atomic E-state index is 0.390. The summed E-state index contributed by atoms with van der Waals surface area (Å²) in [6, 6.07) is 9.90. The van der Waals surface area contributed by atoms with E-state index in [9.17, 15) is 4.39 Å². The Morgan fingerprint density at radius 1 is 1.33 bits per heavy atom. The van der Waals surface area contributed by atoms with Crippen molar-refractivity contribution in [3.63, 3.8) is 0 Å². The number of fused-ring (bicyclic) bond motifs is 1. The van der Waals surface area contributed by atoms with Crippen LogP contribution in [-0.2, 0) is 0 Å². The number of hydrogen-bond donors (Lipinski definition) is 1. The second kappa shape index (κ2) is 7.19. The molecule has 0 amide bonds. The first-order valence-corrected chi connectivity index (χ1v) is 8.87. The zero-order valence-electron chi connectivity index (χ0n) is 15.1. The largest absolute Gasteiger partial charge is 0.404 e. The molecule has 1 atom stereocenters. The van der Waals surface area contributed by atoms with Crippen LogP contribution < -0.4 is 10.6 Å². The third-order valence-electron chi connectivity index (χ3n) is 4.78. The molecule has 2 N–H and O–H groups in total. The molecule has 1 aromatic carbocycles. The van der Waals surface area contributed by atoms with Gasteiger partial charge in [0, 0.05) is 49.2 Å². The van der Waals surface area contributed by atoms with Gasteiger partial charge in [0.2, 0.25) is 0 Å². The zero-order chi connectivity index (χ0) is 18.8. The van der Waals surface area contributed by atoms with E-state index in [4.69, 9.17) is 5.73 Å². The van der Waals surface area contributed by atoms with Gasteiger partial charge in [-0.05, 0) is 24.1 Å². The molecular weight excluding hydrogens is 343 g/mol. The van der Waals surface area contributed by atoms with Crippen molar-refractivity contribution in [1.29, 1.82) is 0 Å². The maximum absolute atomic E-state index is 13.5. The molecule has 27 heavy (non-hydrogen) atoms. The highest BCUT2D eigenvalue weighted by atomic mass is 19.1. The number of aromatic nitrogens is 3. The molecule has 3 heterocycles. The average molecular weight is 364 g/mol. The van der Waals surface area contributed by atoms with Crippen LogP contribution in [0.4, 0.5) is 10.2 Å². The lowest BCUT2D eigenvalue weighted by Gasteiger charge is -2.17. The molecule has 6 nitrogen and oxygen atoms in total. The first-order valence-electron chi connectivity index (χ1n) is 8.87. The molecule has 0 aliphatic carbocycles. The molecule has 3 aromatic rings. The van der Waals surface area contributed by atoms with Gasteiger partial charge in [0.05, 0.1) is 23.9 Å². The monoisotopic (exact) mass is 364 g/mol. The molecule has 7 heteroatoms. The van der Waals surface area contributed by atoms with Crippen molar-refractivity contribution >= 4 is 28.5 Å². The van der Waals surface area contributed by atoms with E-state index in [0.717, 1.165) is 33.5 Å². The summed E-state index contributed by atoms with van der Waals surface area (Å²) >= 11 is 0. The number of nitrogens with zero attached hydrogens (tertiary/aromatic N) is 5. The van der Waals surface area contributed by atoms with Gasteiger partial charge in [-0.1, -0.05) is 12.1 Å². The number of halogens is 1. The van der Waals surface area contributed by atoms with Crippen molar-refractivity contribution in [2.24, 2.45) is 10.7 Å². The van der Waals surface area contributed by atoms with Crippen LogP contribution >= 0.6 is 0 Å². The highest BCUT2D eigenvalue weighted by molar-refractivity contribution is 6.10. The highest BCUT2D eigenvalue weighted by Crippen LogP contribution is 2.25. The minimum atomic E-state index is -0.787. The average Bonchev–Trinajstić information content (AvgIpc) is 3.32. The summed E-state index contributed by atoms with van der Waals surface area (Å²) in [6.07, 6.45) is 6.60. The summed E-state index contributed by atoms with van der Waals surface area (Å²) in [5, 5.41) is 5.55. The molecular formula is C20H21FN6. The number of pyridine rings is 1. The van der Waals surface area contributed by atoms with Crippen LogP contribution in [0.25, 0.3) is 22.2 Å². The predicted molar refractivity (Wildman–Crippen MR) is 107 cm³/mol. The van der Waals surface area contributed by atoms with E-state index in [1.54, 1.807) is 25.7 Å². The second-order valence-corrected chi connectivity index (χ2v) is 6.54. The topological polar surface area (TPSA) is 72.3 Å². The number of hydrogen-bond acceptors (Lipinski definition) is 5. The molecule has 1 fully saturated rings. The van der Waals surface area contributed by atoms with Gasteiger partial charge in [-0.15, -0.1) is 0 Å². The van der Waals surface area contributed by atoms with Crippen molar-refractivity contribution in [3.8, 4) is 5.69 Å². The number of rotatable bonds is 4. The minimum Gasteiger partial charge on any atom is -0.404 e. The summed E-state index contributed by atoms with van der Waals surface area (Å²) in [4.78, 5) is 10.4. The zero-order valence-corrected chi connectivity index (χ0v) is 15.1. The van der Waals surface area contributed by atoms with E-state index >= 15 is 0 Å². The van der Waals surface area contributed by atoms with E-state index in [-0.39, 0.29) is 0 Å². The van der Waals surface area contributed by atoms with Gasteiger partial charge in [0.15, 0.2) is 0 Å². The predicted octanol–water partition coefficient (Wildman–Crippen LogP) is 2.97. The Kier molecular flexibility index (Phi) is 4.58. The molecule has 0 saturated carbocycles. The van der Waals surface area contributed by atoms with Crippen LogP contribution in [0, 0.1) is 0 Å². The molecule has 1 aliphatic rings. The highest BCUT2D eigenvalue weighted by Gasteiger charge is 2.23. The second-order valence-electron chi connectivity index (χ2n) is 6.54. The first kappa shape index (κ1) is 17.2. The molecule has 0 unspecified atom stereocenters. The summed E-state index contributed by atoms with van der Waals surface area (Å²) < 4.78 is 15.4. The summed E-state index contributed by atoms with van der Waals surface area (Å²) in [7, 11) is 1.71. The van der Waals surface area contributed by atoms with E-state index in [2.05, 4.69) is 15.1 Å². The summed E-state index contributed by atoms with van der Waals surface area (Å²) in [6.45, 7) is 1.07. The lowest BCUT2D eigenvalue weighted by Crippen LogP contribution is -2.21. The molecule has 2 aromatic heterocycles. The molecule has 0 radical (unpaired) electrons. The Morgan fingerprint density at radius 3 is 2.96 bits per heavy atom. The molecule has 1 saturated heterocycles. The van der Waals surface area contributed by atoms with Crippen molar-refractivity contribution < 1.29 is 4.39 Å². The van der Waals surface area contributed by atoms with E-state index < -0.39 is 6.17 Å². The first-order chi connectivity index (χ1) is 13.2. The van der Waals surface area contributed by atoms with Gasteiger partial charge >= 0.3 is 0 Å². The van der Waals surface area contributed by atoms with Crippen LogP contribution in [0.15, 0.2) is 53.9 Å². The fraction of sp³-hybridized carbons (Fsp3) is 0.250. The van der Waals surface area contributed by atoms with Gasteiger partial charge in [-0.2, -0.15) is 5.10 Å². The van der Waals surface area contributed by atoms with Crippen LogP contribution in [0.2, 0.25) is 0 Å². The number of anilines is 1.